The summed E-state index contributed by atoms with van der Waals surface area (Å²) in [6, 6.07) is 14.1. The number of pyridine rings is 1. The van der Waals surface area contributed by atoms with Crippen molar-refractivity contribution in [3.63, 3.8) is 0 Å². The Bertz CT molecular complexity index is 1700. The number of nitrogens with zero attached hydrogens (tertiary/aromatic N) is 5. The van der Waals surface area contributed by atoms with Gasteiger partial charge in [0.25, 0.3) is 11.5 Å². The number of benzene rings is 2. The van der Waals surface area contributed by atoms with E-state index in [0.717, 1.165) is 30.3 Å². The third-order valence-electron chi connectivity index (χ3n) is 6.72. The Balaban J connectivity index is 1.54. The summed E-state index contributed by atoms with van der Waals surface area (Å²) < 4.78 is 29.2. The molecule has 10 nitrogen and oxygen atoms in total. The van der Waals surface area contributed by atoms with Crippen LogP contribution in [0.4, 0.5) is 20.2 Å². The van der Waals surface area contributed by atoms with Gasteiger partial charge in [0.1, 0.15) is 11.4 Å². The van der Waals surface area contributed by atoms with Crippen LogP contribution >= 0.6 is 0 Å². The molecule has 2 aromatic heterocycles. The summed E-state index contributed by atoms with van der Waals surface area (Å²) in [6.45, 7) is 0.547. The van der Waals surface area contributed by atoms with Crippen LogP contribution in [0.2, 0.25) is 0 Å². The summed E-state index contributed by atoms with van der Waals surface area (Å²) in [5, 5.41) is 26.0. The third kappa shape index (κ3) is 5.03. The highest BCUT2D eigenvalue weighted by Gasteiger charge is 2.35. The summed E-state index contributed by atoms with van der Waals surface area (Å²) in [6.07, 6.45) is 3.58. The molecule has 3 heterocycles. The highest BCUT2D eigenvalue weighted by molar-refractivity contribution is 6.05. The van der Waals surface area contributed by atoms with Gasteiger partial charge in [-0.1, -0.05) is 12.1 Å². The first kappa shape index (κ1) is 26.6. The lowest BCUT2D eigenvalue weighted by Gasteiger charge is -2.26. The molecule has 1 aliphatic rings. The van der Waals surface area contributed by atoms with Crippen LogP contribution in [-0.2, 0) is 0 Å². The number of aliphatic hydroxyl groups is 1. The van der Waals surface area contributed by atoms with Gasteiger partial charge in [-0.3, -0.25) is 14.6 Å². The smallest absolute Gasteiger partial charge is 0.276 e. The summed E-state index contributed by atoms with van der Waals surface area (Å²) in [5.41, 5.74) is 6.26. The lowest BCUT2D eigenvalue weighted by Crippen LogP contribution is -2.46. The Morgan fingerprint density at radius 3 is 2.65 bits per heavy atom. The van der Waals surface area contributed by atoms with E-state index >= 15 is 0 Å². The maximum absolute atomic E-state index is 14.3. The third-order valence-corrected chi connectivity index (χ3v) is 6.72. The molecule has 1 atom stereocenters. The zero-order valence-corrected chi connectivity index (χ0v) is 21.0. The van der Waals surface area contributed by atoms with Crippen molar-refractivity contribution in [2.45, 2.75) is 12.0 Å². The van der Waals surface area contributed by atoms with Gasteiger partial charge in [0, 0.05) is 37.1 Å². The first-order chi connectivity index (χ1) is 19.2. The number of carbonyl (C=O) groups is 1. The van der Waals surface area contributed by atoms with Crippen molar-refractivity contribution in [2.24, 2.45) is 5.73 Å². The van der Waals surface area contributed by atoms with E-state index in [4.69, 9.17) is 5.73 Å². The van der Waals surface area contributed by atoms with E-state index in [0.29, 0.717) is 52.3 Å². The average molecular weight is 544 g/mol. The molecule has 5 rings (SSSR count). The molecule has 40 heavy (non-hydrogen) atoms. The number of rotatable bonds is 6. The molecule has 0 spiro atoms. The van der Waals surface area contributed by atoms with Gasteiger partial charge in [0.2, 0.25) is 0 Å². The van der Waals surface area contributed by atoms with Crippen molar-refractivity contribution < 1.29 is 18.7 Å². The van der Waals surface area contributed by atoms with E-state index < -0.39 is 34.3 Å². The van der Waals surface area contributed by atoms with Gasteiger partial charge in [-0.15, -0.1) is 0 Å². The van der Waals surface area contributed by atoms with Gasteiger partial charge in [-0.05, 0) is 48.4 Å². The van der Waals surface area contributed by atoms with Crippen molar-refractivity contribution in [2.75, 3.05) is 29.9 Å². The van der Waals surface area contributed by atoms with E-state index in [2.05, 4.69) is 21.5 Å². The van der Waals surface area contributed by atoms with Gasteiger partial charge in [-0.25, -0.2) is 8.78 Å². The zero-order valence-electron chi connectivity index (χ0n) is 21.0. The van der Waals surface area contributed by atoms with Crippen LogP contribution in [0.3, 0.4) is 0 Å². The normalized spacial score (nSPS) is 16.5. The molecule has 12 heteroatoms. The molecule has 4 aromatic rings. The number of anilines is 2. The highest BCUT2D eigenvalue weighted by Crippen LogP contribution is 2.36. The Morgan fingerprint density at radius 2 is 1.95 bits per heavy atom. The standard InChI is InChI=1S/C28H23F2N7O3/c29-20-2-1-3-21(30)26(20)37-25(39)7-6-23(35-37)27(40)34-22-5-4-17(19-14-33-10-8-18(19)13-31)12-24(22)36-11-9-28(32,15-36)16-38/h1-8,10,12,14,38H,9,11,15-16,32H2,(H,34,40)/t28-/m0/s1. The van der Waals surface area contributed by atoms with E-state index in [1.54, 1.807) is 30.5 Å². The van der Waals surface area contributed by atoms with E-state index in [1.165, 1.54) is 6.20 Å². The number of nitrogens with one attached hydrogen (secondary N) is 1. The first-order valence-electron chi connectivity index (χ1n) is 12.2. The van der Waals surface area contributed by atoms with Crippen molar-refractivity contribution in [1.82, 2.24) is 14.8 Å². The predicted molar refractivity (Wildman–Crippen MR) is 143 cm³/mol. The number of amides is 1. The van der Waals surface area contributed by atoms with Crippen molar-refractivity contribution in [3.05, 3.63) is 100 Å². The summed E-state index contributed by atoms with van der Waals surface area (Å²) in [5.74, 6) is -2.76. The molecule has 1 fully saturated rings. The first-order valence-corrected chi connectivity index (χ1v) is 12.2. The van der Waals surface area contributed by atoms with Crippen LogP contribution in [0.5, 0.6) is 0 Å². The molecule has 1 amide bonds. The fraction of sp³-hybridized carbons (Fsp3) is 0.179. The molecule has 0 aliphatic carbocycles. The van der Waals surface area contributed by atoms with Crippen molar-refractivity contribution >= 4 is 17.3 Å². The molecular formula is C28H23F2N7O3. The van der Waals surface area contributed by atoms with Gasteiger partial charge >= 0.3 is 0 Å². The monoisotopic (exact) mass is 543 g/mol. The molecule has 2 aromatic carbocycles. The second-order valence-corrected chi connectivity index (χ2v) is 9.45. The molecule has 0 saturated carbocycles. The Hall–Kier alpha value is -4.99. The molecule has 1 aliphatic heterocycles. The number of hydrogen-bond acceptors (Lipinski definition) is 8. The predicted octanol–water partition coefficient (Wildman–Crippen LogP) is 2.60. The fourth-order valence-electron chi connectivity index (χ4n) is 4.59. The molecule has 202 valence electrons. The van der Waals surface area contributed by atoms with Crippen LogP contribution < -0.4 is 21.5 Å². The van der Waals surface area contributed by atoms with Crippen LogP contribution in [0.25, 0.3) is 16.8 Å². The van der Waals surface area contributed by atoms with E-state index in [-0.39, 0.29) is 12.3 Å². The maximum Gasteiger partial charge on any atom is 0.276 e. The molecular weight excluding hydrogens is 520 g/mol. The van der Waals surface area contributed by atoms with Crippen LogP contribution in [0.15, 0.2) is 71.8 Å². The number of nitriles is 1. The molecule has 0 unspecified atom stereocenters. The van der Waals surface area contributed by atoms with Crippen LogP contribution in [0, 0.1) is 23.0 Å². The minimum atomic E-state index is -1.01. The van der Waals surface area contributed by atoms with E-state index in [9.17, 15) is 28.7 Å². The topological polar surface area (TPSA) is 150 Å². The summed E-state index contributed by atoms with van der Waals surface area (Å²) >= 11 is 0. The fourth-order valence-corrected chi connectivity index (χ4v) is 4.59. The molecule has 4 N–H and O–H groups in total. The summed E-state index contributed by atoms with van der Waals surface area (Å²) in [4.78, 5) is 31.7. The number of hydrogen-bond donors (Lipinski definition) is 3. The lowest BCUT2D eigenvalue weighted by molar-refractivity contribution is 0.102. The number of para-hydroxylation sites is 1. The van der Waals surface area contributed by atoms with Gasteiger partial charge in [-0.2, -0.15) is 15.0 Å². The highest BCUT2D eigenvalue weighted by atomic mass is 19.1. The Kier molecular flexibility index (Phi) is 7.08. The number of halogens is 2. The van der Waals surface area contributed by atoms with Crippen LogP contribution in [-0.4, -0.2) is 51.0 Å². The number of aliphatic hydroxyl groups excluding tert-OH is 1. The largest absolute Gasteiger partial charge is 0.394 e. The van der Waals surface area contributed by atoms with E-state index in [1.807, 2.05) is 4.90 Å². The minimum Gasteiger partial charge on any atom is -0.394 e. The average Bonchev–Trinajstić information content (AvgIpc) is 3.36. The van der Waals surface area contributed by atoms with Gasteiger partial charge < -0.3 is 21.1 Å². The Labute approximate surface area is 226 Å². The molecule has 1 saturated heterocycles. The van der Waals surface area contributed by atoms with Gasteiger partial charge in [0.15, 0.2) is 11.6 Å². The lowest BCUT2D eigenvalue weighted by atomic mass is 10.0. The second kappa shape index (κ2) is 10.6. The Morgan fingerprint density at radius 1 is 1.18 bits per heavy atom. The van der Waals surface area contributed by atoms with Crippen LogP contribution in [0.1, 0.15) is 22.5 Å². The number of aromatic nitrogens is 3. The van der Waals surface area contributed by atoms with Crippen molar-refractivity contribution in [1.29, 1.82) is 5.26 Å². The molecule has 0 radical (unpaired) electrons. The second-order valence-electron chi connectivity index (χ2n) is 9.45. The van der Waals surface area contributed by atoms with Crippen molar-refractivity contribution in [3.8, 4) is 22.9 Å². The quantitative estimate of drug-likeness (QED) is 0.336. The van der Waals surface area contributed by atoms with Gasteiger partial charge in [0.05, 0.1) is 35.2 Å². The maximum atomic E-state index is 14.3. The molecule has 0 bridgehead atoms. The summed E-state index contributed by atoms with van der Waals surface area (Å²) in [7, 11) is 0. The number of nitrogens with two attached hydrogens (primary N) is 1. The SMILES string of the molecule is N#Cc1ccncc1-c1ccc(NC(=O)c2ccc(=O)n(-c3c(F)cccc3F)n2)c(N2CC[C@@](N)(CO)C2)c1. The zero-order chi connectivity index (χ0) is 28.4. The number of carbonyl (C=O) groups excluding carboxylic acids is 1. The minimum absolute atomic E-state index is 0.232.